The molecular weight excluding hydrogens is 249 g/mol. The van der Waals surface area contributed by atoms with E-state index in [0.29, 0.717) is 11.3 Å². The summed E-state index contributed by atoms with van der Waals surface area (Å²) >= 11 is 0. The molecule has 0 unspecified atom stereocenters. The fourth-order valence-corrected chi connectivity index (χ4v) is 1.27. The molecule has 3 N–H and O–H groups in total. The van der Waals surface area contributed by atoms with Crippen LogP contribution >= 0.6 is 0 Å². The van der Waals surface area contributed by atoms with Gasteiger partial charge in [0, 0.05) is 0 Å². The van der Waals surface area contributed by atoms with Gasteiger partial charge in [0.25, 0.3) is 0 Å². The maximum Gasteiger partial charge on any atom is 0.392 e. The average Bonchev–Trinajstić information content (AvgIpc) is 2.21. The van der Waals surface area contributed by atoms with Gasteiger partial charge in [-0.25, -0.2) is 0 Å². The Morgan fingerprint density at radius 1 is 1.33 bits per heavy atom. The standard InChI is InChI=1S/C10H13F3N4O/c1-5-6(2)16-17-9(7(5)8(14)15)18-4-3-10(11,12)13/h3-4H2,1-2H3,(H3,14,15). The van der Waals surface area contributed by atoms with E-state index < -0.39 is 19.2 Å². The van der Waals surface area contributed by atoms with Crippen molar-refractivity contribution in [1.82, 2.24) is 10.2 Å². The highest BCUT2D eigenvalue weighted by Gasteiger charge is 2.27. The van der Waals surface area contributed by atoms with Gasteiger partial charge < -0.3 is 10.5 Å². The molecule has 0 aliphatic carbocycles. The number of nitrogen functional groups attached to an aromatic ring is 1. The van der Waals surface area contributed by atoms with Gasteiger partial charge in [0.15, 0.2) is 0 Å². The predicted octanol–water partition coefficient (Wildman–Crippen LogP) is 1.71. The second-order valence-electron chi connectivity index (χ2n) is 3.72. The topological polar surface area (TPSA) is 84.9 Å². The van der Waals surface area contributed by atoms with Crippen LogP contribution < -0.4 is 10.5 Å². The molecule has 0 amide bonds. The fourth-order valence-electron chi connectivity index (χ4n) is 1.27. The van der Waals surface area contributed by atoms with Crippen molar-refractivity contribution in [1.29, 1.82) is 5.41 Å². The molecule has 8 heteroatoms. The van der Waals surface area contributed by atoms with Crippen LogP contribution in [0.25, 0.3) is 0 Å². The van der Waals surface area contributed by atoms with E-state index >= 15 is 0 Å². The molecule has 100 valence electrons. The summed E-state index contributed by atoms with van der Waals surface area (Å²) in [5, 5.41) is 14.7. The Morgan fingerprint density at radius 3 is 2.44 bits per heavy atom. The van der Waals surface area contributed by atoms with Crippen molar-refractivity contribution in [2.24, 2.45) is 5.73 Å². The zero-order valence-electron chi connectivity index (χ0n) is 9.93. The molecule has 1 rings (SSSR count). The average molecular weight is 262 g/mol. The highest BCUT2D eigenvalue weighted by atomic mass is 19.4. The van der Waals surface area contributed by atoms with Crippen molar-refractivity contribution < 1.29 is 17.9 Å². The van der Waals surface area contributed by atoms with E-state index in [9.17, 15) is 13.2 Å². The van der Waals surface area contributed by atoms with Crippen LogP contribution in [0.15, 0.2) is 0 Å². The number of aromatic nitrogens is 2. The van der Waals surface area contributed by atoms with E-state index in [2.05, 4.69) is 10.2 Å². The SMILES string of the molecule is Cc1nnc(OCCC(F)(F)F)c(C(=N)N)c1C. The summed E-state index contributed by atoms with van der Waals surface area (Å²) in [6.07, 6.45) is -5.40. The van der Waals surface area contributed by atoms with E-state index in [-0.39, 0.29) is 17.3 Å². The lowest BCUT2D eigenvalue weighted by molar-refractivity contribution is -0.139. The molecule has 0 aliphatic rings. The summed E-state index contributed by atoms with van der Waals surface area (Å²) in [6.45, 7) is 2.73. The van der Waals surface area contributed by atoms with E-state index in [1.54, 1.807) is 13.8 Å². The van der Waals surface area contributed by atoms with Crippen LogP contribution in [0.2, 0.25) is 0 Å². The molecular formula is C10H13F3N4O. The largest absolute Gasteiger partial charge is 0.476 e. The van der Waals surface area contributed by atoms with Crippen LogP contribution in [0, 0.1) is 19.3 Å². The lowest BCUT2D eigenvalue weighted by Crippen LogP contribution is -2.19. The molecule has 1 aromatic rings. The van der Waals surface area contributed by atoms with Gasteiger partial charge in [0.05, 0.1) is 24.3 Å². The van der Waals surface area contributed by atoms with E-state index in [1.807, 2.05) is 0 Å². The minimum absolute atomic E-state index is 0.144. The first-order valence-electron chi connectivity index (χ1n) is 5.10. The molecule has 0 aliphatic heterocycles. The first-order chi connectivity index (χ1) is 8.22. The van der Waals surface area contributed by atoms with Crippen molar-refractivity contribution in [2.75, 3.05) is 6.61 Å². The van der Waals surface area contributed by atoms with E-state index in [0.717, 1.165) is 0 Å². The number of halogens is 3. The van der Waals surface area contributed by atoms with Gasteiger partial charge >= 0.3 is 6.18 Å². The number of hydrogen-bond donors (Lipinski definition) is 2. The Hall–Kier alpha value is -1.86. The van der Waals surface area contributed by atoms with Gasteiger partial charge in [-0.15, -0.1) is 5.10 Å². The molecule has 5 nitrogen and oxygen atoms in total. The maximum absolute atomic E-state index is 12.0. The fraction of sp³-hybridized carbons (Fsp3) is 0.500. The van der Waals surface area contributed by atoms with Crippen molar-refractivity contribution in [3.63, 3.8) is 0 Å². The van der Waals surface area contributed by atoms with Gasteiger partial charge in [-0.1, -0.05) is 0 Å². The Bertz CT molecular complexity index is 459. The van der Waals surface area contributed by atoms with Gasteiger partial charge in [-0.2, -0.15) is 18.3 Å². The molecule has 0 fully saturated rings. The number of aryl methyl sites for hydroxylation is 1. The zero-order chi connectivity index (χ0) is 13.9. The Balaban J connectivity index is 2.89. The number of rotatable bonds is 4. The summed E-state index contributed by atoms with van der Waals surface area (Å²) in [4.78, 5) is 0. The van der Waals surface area contributed by atoms with Crippen molar-refractivity contribution in [2.45, 2.75) is 26.4 Å². The number of nitrogens with zero attached hydrogens (tertiary/aromatic N) is 2. The molecule has 0 atom stereocenters. The predicted molar refractivity (Wildman–Crippen MR) is 58.7 cm³/mol. The van der Waals surface area contributed by atoms with Gasteiger partial charge in [0.1, 0.15) is 5.84 Å². The van der Waals surface area contributed by atoms with Gasteiger partial charge in [-0.3, -0.25) is 5.41 Å². The molecule has 0 radical (unpaired) electrons. The third-order valence-corrected chi connectivity index (χ3v) is 2.32. The third-order valence-electron chi connectivity index (χ3n) is 2.32. The van der Waals surface area contributed by atoms with Crippen LogP contribution in [-0.2, 0) is 0 Å². The van der Waals surface area contributed by atoms with Gasteiger partial charge in [-0.05, 0) is 19.4 Å². The summed E-state index contributed by atoms with van der Waals surface area (Å²) in [5.41, 5.74) is 6.65. The van der Waals surface area contributed by atoms with Gasteiger partial charge in [0.2, 0.25) is 5.88 Å². The summed E-state index contributed by atoms with van der Waals surface area (Å²) in [6, 6.07) is 0. The Labute approximate surface area is 102 Å². The van der Waals surface area contributed by atoms with Crippen LogP contribution in [0.1, 0.15) is 23.2 Å². The normalized spacial score (nSPS) is 11.4. The molecule has 0 spiro atoms. The lowest BCUT2D eigenvalue weighted by atomic mass is 10.1. The second-order valence-corrected chi connectivity index (χ2v) is 3.72. The number of ether oxygens (including phenoxy) is 1. The molecule has 0 aromatic carbocycles. The molecule has 0 saturated carbocycles. The summed E-state index contributed by atoms with van der Waals surface area (Å²) < 4.78 is 40.8. The molecule has 18 heavy (non-hydrogen) atoms. The minimum Gasteiger partial charge on any atom is -0.476 e. The lowest BCUT2D eigenvalue weighted by Gasteiger charge is -2.13. The molecule has 1 heterocycles. The van der Waals surface area contributed by atoms with Crippen LogP contribution in [0.5, 0.6) is 5.88 Å². The quantitative estimate of drug-likeness (QED) is 0.639. The minimum atomic E-state index is -4.30. The summed E-state index contributed by atoms with van der Waals surface area (Å²) in [5.74, 6) is -0.456. The highest BCUT2D eigenvalue weighted by Crippen LogP contribution is 2.23. The number of nitrogens with one attached hydrogen (secondary N) is 1. The van der Waals surface area contributed by atoms with E-state index in [4.69, 9.17) is 15.9 Å². The first kappa shape index (κ1) is 14.2. The second kappa shape index (κ2) is 5.19. The van der Waals surface area contributed by atoms with Crippen molar-refractivity contribution >= 4 is 5.84 Å². The van der Waals surface area contributed by atoms with Crippen LogP contribution in [0.4, 0.5) is 13.2 Å². The number of nitrogens with two attached hydrogens (primary N) is 1. The summed E-state index contributed by atoms with van der Waals surface area (Å²) in [7, 11) is 0. The molecule has 0 bridgehead atoms. The van der Waals surface area contributed by atoms with E-state index in [1.165, 1.54) is 0 Å². The monoisotopic (exact) mass is 262 g/mol. The third kappa shape index (κ3) is 3.57. The smallest absolute Gasteiger partial charge is 0.392 e. The number of hydrogen-bond acceptors (Lipinski definition) is 4. The number of amidine groups is 1. The molecule has 0 saturated heterocycles. The number of alkyl halides is 3. The maximum atomic E-state index is 12.0. The molecule has 1 aromatic heterocycles. The first-order valence-corrected chi connectivity index (χ1v) is 5.10. The highest BCUT2D eigenvalue weighted by molar-refractivity contribution is 5.98. The van der Waals surface area contributed by atoms with Crippen molar-refractivity contribution in [3.05, 3.63) is 16.8 Å². The van der Waals surface area contributed by atoms with Crippen molar-refractivity contribution in [3.8, 4) is 5.88 Å². The Morgan fingerprint density at radius 2 is 1.94 bits per heavy atom. The van der Waals surface area contributed by atoms with Crippen LogP contribution in [-0.4, -0.2) is 28.8 Å². The van der Waals surface area contributed by atoms with Crippen LogP contribution in [0.3, 0.4) is 0 Å². The Kier molecular flexibility index (Phi) is 4.10. The zero-order valence-corrected chi connectivity index (χ0v) is 9.93.